The Morgan fingerprint density at radius 1 is 1.04 bits per heavy atom. The lowest BCUT2D eigenvalue weighted by Gasteiger charge is -2.28. The number of nitrogens with one attached hydrogen (secondary N) is 1. The van der Waals surface area contributed by atoms with Gasteiger partial charge in [-0.15, -0.1) is 0 Å². The zero-order valence-corrected chi connectivity index (χ0v) is 14.6. The highest BCUT2D eigenvalue weighted by atomic mass is 35.5. The average Bonchev–Trinajstić information content (AvgIpc) is 2.87. The van der Waals surface area contributed by atoms with E-state index in [1.807, 2.05) is 9.80 Å². The van der Waals surface area contributed by atoms with Gasteiger partial charge in [0, 0.05) is 42.7 Å². The standard InChI is InChI=1S/C18H24ClN3O2/c19-16-4-1-3-15(13-16)18(24)22-10-2-9-21(11-12-22)17(23)14-5-7-20-8-6-14/h1,3-4,13-14,20H,2,5-12H2. The quantitative estimate of drug-likeness (QED) is 0.888. The number of halogens is 1. The summed E-state index contributed by atoms with van der Waals surface area (Å²) in [6, 6.07) is 7.05. The van der Waals surface area contributed by atoms with Crippen LogP contribution in [-0.2, 0) is 4.79 Å². The molecular formula is C18H24ClN3O2. The molecule has 3 rings (SSSR count). The van der Waals surface area contributed by atoms with Gasteiger partial charge in [-0.3, -0.25) is 9.59 Å². The first-order valence-electron chi connectivity index (χ1n) is 8.69. The van der Waals surface area contributed by atoms with Crippen LogP contribution in [-0.4, -0.2) is 60.9 Å². The number of benzene rings is 1. The summed E-state index contributed by atoms with van der Waals surface area (Å²) in [4.78, 5) is 29.1. The zero-order chi connectivity index (χ0) is 16.9. The van der Waals surface area contributed by atoms with Gasteiger partial charge >= 0.3 is 0 Å². The van der Waals surface area contributed by atoms with Gasteiger partial charge in [0.1, 0.15) is 0 Å². The van der Waals surface area contributed by atoms with Crippen LogP contribution in [0.15, 0.2) is 24.3 Å². The molecular weight excluding hydrogens is 326 g/mol. The van der Waals surface area contributed by atoms with Crippen LogP contribution in [0.2, 0.25) is 5.02 Å². The summed E-state index contributed by atoms with van der Waals surface area (Å²) >= 11 is 5.98. The molecule has 5 nitrogen and oxygen atoms in total. The molecule has 6 heteroatoms. The largest absolute Gasteiger partial charge is 0.341 e. The Hall–Kier alpha value is -1.59. The Kier molecular flexibility index (Phi) is 5.74. The molecule has 0 radical (unpaired) electrons. The number of carbonyl (C=O) groups is 2. The minimum Gasteiger partial charge on any atom is -0.341 e. The fourth-order valence-electron chi connectivity index (χ4n) is 3.47. The van der Waals surface area contributed by atoms with Crippen molar-refractivity contribution in [3.63, 3.8) is 0 Å². The molecule has 2 aliphatic heterocycles. The van der Waals surface area contributed by atoms with Crippen LogP contribution in [0.5, 0.6) is 0 Å². The van der Waals surface area contributed by atoms with E-state index in [1.54, 1.807) is 24.3 Å². The van der Waals surface area contributed by atoms with Crippen LogP contribution >= 0.6 is 11.6 Å². The summed E-state index contributed by atoms with van der Waals surface area (Å²) < 4.78 is 0. The van der Waals surface area contributed by atoms with E-state index in [0.717, 1.165) is 38.9 Å². The van der Waals surface area contributed by atoms with Crippen LogP contribution in [0, 0.1) is 5.92 Å². The highest BCUT2D eigenvalue weighted by Gasteiger charge is 2.28. The highest BCUT2D eigenvalue weighted by molar-refractivity contribution is 6.30. The molecule has 1 N–H and O–H groups in total. The lowest BCUT2D eigenvalue weighted by atomic mass is 9.96. The van der Waals surface area contributed by atoms with Crippen molar-refractivity contribution in [1.29, 1.82) is 0 Å². The van der Waals surface area contributed by atoms with Crippen molar-refractivity contribution in [3.8, 4) is 0 Å². The summed E-state index contributed by atoms with van der Waals surface area (Å²) in [5.41, 5.74) is 0.612. The maximum absolute atomic E-state index is 12.7. The van der Waals surface area contributed by atoms with Gasteiger partial charge in [-0.2, -0.15) is 0 Å². The summed E-state index contributed by atoms with van der Waals surface area (Å²) in [6.45, 7) is 4.47. The number of hydrogen-bond acceptors (Lipinski definition) is 3. The van der Waals surface area contributed by atoms with Crippen molar-refractivity contribution in [2.45, 2.75) is 19.3 Å². The lowest BCUT2D eigenvalue weighted by molar-refractivity contribution is -0.136. The van der Waals surface area contributed by atoms with E-state index in [-0.39, 0.29) is 17.7 Å². The predicted octanol–water partition coefficient (Wildman–Crippen LogP) is 2.01. The van der Waals surface area contributed by atoms with Crippen molar-refractivity contribution in [1.82, 2.24) is 15.1 Å². The maximum atomic E-state index is 12.7. The minimum atomic E-state index is -0.00587. The van der Waals surface area contributed by atoms with Crippen molar-refractivity contribution >= 4 is 23.4 Å². The Morgan fingerprint density at radius 3 is 2.50 bits per heavy atom. The van der Waals surface area contributed by atoms with Crippen LogP contribution in [0.4, 0.5) is 0 Å². The monoisotopic (exact) mass is 349 g/mol. The molecule has 2 aliphatic rings. The van der Waals surface area contributed by atoms with Crippen molar-refractivity contribution in [3.05, 3.63) is 34.9 Å². The second kappa shape index (κ2) is 7.99. The lowest BCUT2D eigenvalue weighted by Crippen LogP contribution is -2.43. The van der Waals surface area contributed by atoms with E-state index < -0.39 is 0 Å². The molecule has 2 heterocycles. The summed E-state index contributed by atoms with van der Waals surface area (Å²) in [7, 11) is 0. The molecule has 0 aromatic heterocycles. The Bertz CT molecular complexity index is 602. The van der Waals surface area contributed by atoms with Crippen molar-refractivity contribution in [2.75, 3.05) is 39.3 Å². The normalized spacial score (nSPS) is 19.9. The van der Waals surface area contributed by atoms with E-state index in [2.05, 4.69) is 5.32 Å². The Balaban J connectivity index is 1.60. The molecule has 2 amide bonds. The van der Waals surface area contributed by atoms with E-state index in [4.69, 9.17) is 11.6 Å². The highest BCUT2D eigenvalue weighted by Crippen LogP contribution is 2.18. The third kappa shape index (κ3) is 4.08. The maximum Gasteiger partial charge on any atom is 0.253 e. The van der Waals surface area contributed by atoms with Crippen LogP contribution < -0.4 is 5.32 Å². The summed E-state index contributed by atoms with van der Waals surface area (Å²) in [6.07, 6.45) is 2.66. The van der Waals surface area contributed by atoms with Gasteiger partial charge in [0.2, 0.25) is 5.91 Å². The predicted molar refractivity (Wildman–Crippen MR) is 94.1 cm³/mol. The molecule has 2 saturated heterocycles. The number of nitrogens with zero attached hydrogens (tertiary/aromatic N) is 2. The fraction of sp³-hybridized carbons (Fsp3) is 0.556. The summed E-state index contributed by atoms with van der Waals surface area (Å²) in [5, 5.41) is 3.86. The number of amides is 2. The van der Waals surface area contributed by atoms with Gasteiger partial charge < -0.3 is 15.1 Å². The van der Waals surface area contributed by atoms with Crippen molar-refractivity contribution < 1.29 is 9.59 Å². The molecule has 0 atom stereocenters. The minimum absolute atomic E-state index is 0.00587. The zero-order valence-electron chi connectivity index (χ0n) is 13.8. The molecule has 0 aliphatic carbocycles. The molecule has 0 bridgehead atoms. The molecule has 0 spiro atoms. The molecule has 0 saturated carbocycles. The van der Waals surface area contributed by atoms with Gasteiger partial charge in [-0.25, -0.2) is 0 Å². The molecule has 130 valence electrons. The fourth-order valence-corrected chi connectivity index (χ4v) is 3.66. The first-order chi connectivity index (χ1) is 11.6. The third-order valence-corrected chi connectivity index (χ3v) is 5.09. The van der Waals surface area contributed by atoms with Crippen LogP contribution in [0.25, 0.3) is 0 Å². The number of carbonyl (C=O) groups excluding carboxylic acids is 2. The Morgan fingerprint density at radius 2 is 1.75 bits per heavy atom. The molecule has 1 aromatic rings. The van der Waals surface area contributed by atoms with Crippen molar-refractivity contribution in [2.24, 2.45) is 5.92 Å². The van der Waals surface area contributed by atoms with Gasteiger partial charge in [0.05, 0.1) is 0 Å². The number of rotatable bonds is 2. The second-order valence-corrected chi connectivity index (χ2v) is 6.94. The molecule has 0 unspecified atom stereocenters. The first kappa shape index (κ1) is 17.2. The average molecular weight is 350 g/mol. The Labute approximate surface area is 147 Å². The number of hydrogen-bond donors (Lipinski definition) is 1. The van der Waals surface area contributed by atoms with Gasteiger partial charge in [-0.05, 0) is 50.6 Å². The molecule has 24 heavy (non-hydrogen) atoms. The van der Waals surface area contributed by atoms with Crippen LogP contribution in [0.3, 0.4) is 0 Å². The SMILES string of the molecule is O=C(c1cccc(Cl)c1)N1CCCN(C(=O)C2CCNCC2)CC1. The first-order valence-corrected chi connectivity index (χ1v) is 9.07. The van der Waals surface area contributed by atoms with E-state index in [1.165, 1.54) is 0 Å². The van der Waals surface area contributed by atoms with E-state index in [9.17, 15) is 9.59 Å². The molecule has 1 aromatic carbocycles. The van der Waals surface area contributed by atoms with Gasteiger partial charge in [-0.1, -0.05) is 17.7 Å². The molecule has 2 fully saturated rings. The second-order valence-electron chi connectivity index (χ2n) is 6.51. The smallest absolute Gasteiger partial charge is 0.253 e. The van der Waals surface area contributed by atoms with Crippen LogP contribution in [0.1, 0.15) is 29.6 Å². The van der Waals surface area contributed by atoms with Gasteiger partial charge in [0.15, 0.2) is 0 Å². The van der Waals surface area contributed by atoms with E-state index in [0.29, 0.717) is 30.2 Å². The van der Waals surface area contributed by atoms with Gasteiger partial charge in [0.25, 0.3) is 5.91 Å². The topological polar surface area (TPSA) is 52.7 Å². The van der Waals surface area contributed by atoms with E-state index >= 15 is 0 Å². The third-order valence-electron chi connectivity index (χ3n) is 4.85. The number of piperidine rings is 1. The summed E-state index contributed by atoms with van der Waals surface area (Å²) in [5.74, 6) is 0.392.